The summed E-state index contributed by atoms with van der Waals surface area (Å²) < 4.78 is 5.09. The van der Waals surface area contributed by atoms with Crippen molar-refractivity contribution in [3.05, 3.63) is 130 Å². The Balaban J connectivity index is 1.17. The summed E-state index contributed by atoms with van der Waals surface area (Å²) in [5, 5.41) is 11.2. The molecule has 254 valence electrons. The minimum atomic E-state index is -0.495. The van der Waals surface area contributed by atoms with Crippen molar-refractivity contribution in [2.45, 2.75) is 43.4 Å². The topological polar surface area (TPSA) is 114 Å². The summed E-state index contributed by atoms with van der Waals surface area (Å²) in [6, 6.07) is 29.5. The van der Waals surface area contributed by atoms with Gasteiger partial charge in [-0.2, -0.15) is 0 Å². The third-order valence-corrected chi connectivity index (χ3v) is 10.6. The van der Waals surface area contributed by atoms with Crippen LogP contribution in [-0.2, 0) is 27.2 Å². The van der Waals surface area contributed by atoms with Gasteiger partial charge in [-0.25, -0.2) is 4.79 Å². The van der Waals surface area contributed by atoms with E-state index in [2.05, 4.69) is 16.0 Å². The number of benzene rings is 4. The number of ether oxygens (including phenoxy) is 1. The molecule has 8 nitrogen and oxygen atoms in total. The zero-order chi connectivity index (χ0) is 34.9. The number of nitrogens with one attached hydrogen (secondary N) is 3. The van der Waals surface area contributed by atoms with Crippen LogP contribution in [0, 0.1) is 0 Å². The van der Waals surface area contributed by atoms with Crippen molar-refractivity contribution < 1.29 is 23.9 Å². The Labute approximate surface area is 299 Å². The second-order valence-electron chi connectivity index (χ2n) is 11.9. The number of anilines is 2. The molecule has 1 aliphatic carbocycles. The predicted octanol–water partition coefficient (Wildman–Crippen LogP) is 8.49. The lowest BCUT2D eigenvalue weighted by Crippen LogP contribution is -2.30. The summed E-state index contributed by atoms with van der Waals surface area (Å²) >= 11 is 2.78. The van der Waals surface area contributed by atoms with Crippen LogP contribution in [0.3, 0.4) is 0 Å². The van der Waals surface area contributed by atoms with E-state index in [0.29, 0.717) is 21.8 Å². The summed E-state index contributed by atoms with van der Waals surface area (Å²) in [6.45, 7) is 0. The molecule has 0 bridgehead atoms. The number of thioether (sulfide) groups is 1. The average Bonchev–Trinajstić information content (AvgIpc) is 3.45. The van der Waals surface area contributed by atoms with Gasteiger partial charge in [0.05, 0.1) is 18.4 Å². The number of aryl methyl sites for hydroxylation is 1. The SMILES string of the molecule is COC(=O)c1c(NC(=O)CSc2cccc(NC(=O)/C(=C\c3cccc4ccccc34)NC(=O)c3ccccc3)c2)sc2c1CCCCCC2. The number of hydrogen-bond acceptors (Lipinski definition) is 7. The molecule has 0 fully saturated rings. The molecule has 0 unspecified atom stereocenters. The van der Waals surface area contributed by atoms with E-state index in [1.807, 2.05) is 54.6 Å². The van der Waals surface area contributed by atoms with Gasteiger partial charge < -0.3 is 20.7 Å². The Kier molecular flexibility index (Phi) is 11.4. The van der Waals surface area contributed by atoms with E-state index >= 15 is 0 Å². The van der Waals surface area contributed by atoms with Crippen molar-refractivity contribution in [1.82, 2.24) is 5.32 Å². The molecule has 10 heteroatoms. The van der Waals surface area contributed by atoms with Crippen molar-refractivity contribution in [3.8, 4) is 0 Å². The number of methoxy groups -OCH3 is 1. The lowest BCUT2D eigenvalue weighted by Gasteiger charge is -2.13. The van der Waals surface area contributed by atoms with Crippen LogP contribution in [0.25, 0.3) is 16.8 Å². The van der Waals surface area contributed by atoms with Crippen molar-refractivity contribution >= 4 is 74.3 Å². The molecule has 0 saturated carbocycles. The van der Waals surface area contributed by atoms with Gasteiger partial charge in [-0.05, 0) is 84.0 Å². The Morgan fingerprint density at radius 3 is 2.38 bits per heavy atom. The molecule has 1 heterocycles. The second kappa shape index (κ2) is 16.5. The van der Waals surface area contributed by atoms with Crippen molar-refractivity contribution in [1.29, 1.82) is 0 Å². The molecule has 0 atom stereocenters. The Morgan fingerprint density at radius 1 is 0.820 bits per heavy atom. The van der Waals surface area contributed by atoms with Gasteiger partial charge in [0.15, 0.2) is 0 Å². The fourth-order valence-corrected chi connectivity index (χ4v) is 8.02. The highest BCUT2D eigenvalue weighted by molar-refractivity contribution is 8.00. The van der Waals surface area contributed by atoms with Crippen LogP contribution in [0.15, 0.2) is 108 Å². The fraction of sp³-hybridized carbons (Fsp3) is 0.200. The Bertz CT molecular complexity index is 2070. The number of esters is 1. The normalized spacial score (nSPS) is 13.0. The Morgan fingerprint density at radius 2 is 1.56 bits per heavy atom. The van der Waals surface area contributed by atoms with E-state index < -0.39 is 17.8 Å². The highest BCUT2D eigenvalue weighted by Crippen LogP contribution is 2.38. The Hall–Kier alpha value is -5.19. The molecule has 3 N–H and O–H groups in total. The van der Waals surface area contributed by atoms with Gasteiger partial charge in [0.1, 0.15) is 10.7 Å². The van der Waals surface area contributed by atoms with Gasteiger partial charge in [-0.1, -0.05) is 79.6 Å². The number of fused-ring (bicyclic) bond motifs is 2. The minimum absolute atomic E-state index is 0.0825. The highest BCUT2D eigenvalue weighted by Gasteiger charge is 2.26. The number of carbonyl (C=O) groups is 4. The maximum absolute atomic E-state index is 13.7. The van der Waals surface area contributed by atoms with E-state index in [0.717, 1.165) is 70.2 Å². The first-order valence-corrected chi connectivity index (χ1v) is 18.3. The summed E-state index contributed by atoms with van der Waals surface area (Å²) in [4.78, 5) is 54.7. The van der Waals surface area contributed by atoms with Crippen LogP contribution in [0.4, 0.5) is 10.7 Å². The molecule has 1 aromatic heterocycles. The van der Waals surface area contributed by atoms with Gasteiger partial charge in [0, 0.05) is 21.0 Å². The maximum atomic E-state index is 13.7. The number of hydrogen-bond donors (Lipinski definition) is 3. The van der Waals surface area contributed by atoms with Crippen molar-refractivity contribution in [2.75, 3.05) is 23.5 Å². The summed E-state index contributed by atoms with van der Waals surface area (Å²) in [6.07, 6.45) is 7.71. The lowest BCUT2D eigenvalue weighted by molar-refractivity contribution is -0.114. The number of rotatable bonds is 10. The van der Waals surface area contributed by atoms with Crippen molar-refractivity contribution in [3.63, 3.8) is 0 Å². The van der Waals surface area contributed by atoms with E-state index in [4.69, 9.17) is 4.74 Å². The first-order chi connectivity index (χ1) is 24.4. The van der Waals surface area contributed by atoms with Crippen LogP contribution in [-0.4, -0.2) is 36.6 Å². The van der Waals surface area contributed by atoms with Crippen LogP contribution >= 0.6 is 23.1 Å². The molecule has 5 aromatic rings. The zero-order valence-corrected chi connectivity index (χ0v) is 29.3. The number of thiophene rings is 1. The molecule has 3 amide bonds. The molecule has 6 rings (SSSR count). The largest absolute Gasteiger partial charge is 0.465 e. The van der Waals surface area contributed by atoms with Crippen LogP contribution < -0.4 is 16.0 Å². The first-order valence-electron chi connectivity index (χ1n) is 16.5. The third-order valence-electron chi connectivity index (χ3n) is 8.43. The summed E-state index contributed by atoms with van der Waals surface area (Å²) in [7, 11) is 1.36. The quantitative estimate of drug-likeness (QED) is 0.0764. The summed E-state index contributed by atoms with van der Waals surface area (Å²) in [5.41, 5.74) is 3.27. The van der Waals surface area contributed by atoms with E-state index in [1.165, 1.54) is 30.2 Å². The summed E-state index contributed by atoms with van der Waals surface area (Å²) in [5.74, 6) is -1.47. The van der Waals surface area contributed by atoms with Gasteiger partial charge >= 0.3 is 5.97 Å². The van der Waals surface area contributed by atoms with Crippen molar-refractivity contribution in [2.24, 2.45) is 0 Å². The molecule has 0 spiro atoms. The highest BCUT2D eigenvalue weighted by atomic mass is 32.2. The smallest absolute Gasteiger partial charge is 0.341 e. The molecule has 50 heavy (non-hydrogen) atoms. The number of amides is 3. The average molecular weight is 704 g/mol. The van der Waals surface area contributed by atoms with Gasteiger partial charge in [0.2, 0.25) is 5.91 Å². The maximum Gasteiger partial charge on any atom is 0.341 e. The zero-order valence-electron chi connectivity index (χ0n) is 27.6. The molecule has 0 radical (unpaired) electrons. The van der Waals surface area contributed by atoms with Gasteiger partial charge in [0.25, 0.3) is 11.8 Å². The third kappa shape index (κ3) is 8.50. The van der Waals surface area contributed by atoms with Gasteiger partial charge in [-0.3, -0.25) is 14.4 Å². The fourth-order valence-electron chi connectivity index (χ4n) is 5.97. The number of carbonyl (C=O) groups excluding carboxylic acids is 4. The molecule has 0 saturated heterocycles. The standard InChI is InChI=1S/C40H37N3O5S2/c1-48-40(47)36-32-21-7-2-3-8-22-34(32)50-39(36)43-35(44)25-49-30-19-12-18-29(24-30)41-38(46)33(42-37(45)27-14-5-4-6-15-27)23-28-17-11-16-26-13-9-10-20-31(26)28/h4-6,9-20,23-24H,2-3,7-8,21-22,25H2,1H3,(H,41,46)(H,42,45)(H,43,44)/b33-23+. The molecule has 1 aliphatic rings. The second-order valence-corrected chi connectivity index (χ2v) is 14.0. The molecule has 0 aliphatic heterocycles. The van der Waals surface area contributed by atoms with Crippen LogP contribution in [0.2, 0.25) is 0 Å². The van der Waals surface area contributed by atoms with E-state index in [-0.39, 0.29) is 17.4 Å². The van der Waals surface area contributed by atoms with E-state index in [9.17, 15) is 19.2 Å². The predicted molar refractivity (Wildman–Crippen MR) is 202 cm³/mol. The van der Waals surface area contributed by atoms with Crippen LogP contribution in [0.1, 0.15) is 62.4 Å². The van der Waals surface area contributed by atoms with E-state index in [1.54, 1.807) is 48.5 Å². The molecular formula is C40H37N3O5S2. The molecular weight excluding hydrogens is 667 g/mol. The lowest BCUT2D eigenvalue weighted by atomic mass is 9.96. The minimum Gasteiger partial charge on any atom is -0.465 e. The van der Waals surface area contributed by atoms with Gasteiger partial charge in [-0.15, -0.1) is 23.1 Å². The monoisotopic (exact) mass is 703 g/mol. The van der Waals surface area contributed by atoms with Crippen LogP contribution in [0.5, 0.6) is 0 Å². The first kappa shape index (κ1) is 34.7. The molecule has 4 aromatic carbocycles.